The first-order valence-corrected chi connectivity index (χ1v) is 8.88. The van der Waals surface area contributed by atoms with Crippen LogP contribution in [0.1, 0.15) is 10.4 Å². The van der Waals surface area contributed by atoms with Crippen molar-refractivity contribution in [3.63, 3.8) is 0 Å². The van der Waals surface area contributed by atoms with Gasteiger partial charge in [-0.3, -0.25) is 4.79 Å². The van der Waals surface area contributed by atoms with Gasteiger partial charge >= 0.3 is 0 Å². The monoisotopic (exact) mass is 375 g/mol. The van der Waals surface area contributed by atoms with Gasteiger partial charge < -0.3 is 14.6 Å². The maximum absolute atomic E-state index is 13.9. The molecule has 4 aromatic rings. The van der Waals surface area contributed by atoms with E-state index in [1.54, 1.807) is 61.1 Å². The number of ether oxygens (including phenoxy) is 1. The van der Waals surface area contributed by atoms with E-state index in [9.17, 15) is 9.18 Å². The molecule has 1 amide bonds. The number of fused-ring (bicyclic) bond motifs is 1. The summed E-state index contributed by atoms with van der Waals surface area (Å²) in [5.41, 5.74) is 1.07. The second-order valence-corrected chi connectivity index (χ2v) is 6.27. The summed E-state index contributed by atoms with van der Waals surface area (Å²) in [7, 11) is 0. The minimum absolute atomic E-state index is 0.287. The SMILES string of the molecule is O=C(Nc1ccc(OCCn2ccnc2)cc1)c1ccc(F)c2ccccc12. The molecule has 3 aromatic carbocycles. The minimum atomic E-state index is -0.343. The molecule has 0 aliphatic heterocycles. The van der Waals surface area contributed by atoms with Crippen LogP contribution in [0.3, 0.4) is 0 Å². The molecule has 0 unspecified atom stereocenters. The van der Waals surface area contributed by atoms with E-state index in [4.69, 9.17) is 4.74 Å². The number of hydrogen-bond donors (Lipinski definition) is 1. The first kappa shape index (κ1) is 17.7. The number of carbonyl (C=O) groups excluding carboxylic acids is 1. The lowest BCUT2D eigenvalue weighted by molar-refractivity contribution is 0.102. The van der Waals surface area contributed by atoms with Gasteiger partial charge in [0, 0.05) is 29.0 Å². The standard InChI is InChI=1S/C22H18FN3O2/c23-21-10-9-20(18-3-1-2-4-19(18)21)22(27)25-16-5-7-17(8-6-16)28-14-13-26-12-11-24-15-26/h1-12,15H,13-14H2,(H,25,27). The Morgan fingerprint density at radius 3 is 2.57 bits per heavy atom. The fourth-order valence-corrected chi connectivity index (χ4v) is 2.98. The largest absolute Gasteiger partial charge is 0.492 e. The summed E-state index contributed by atoms with van der Waals surface area (Å²) in [6.07, 6.45) is 5.34. The molecular formula is C22H18FN3O2. The molecule has 0 spiro atoms. The molecule has 0 atom stereocenters. The summed E-state index contributed by atoms with van der Waals surface area (Å²) in [4.78, 5) is 16.6. The molecule has 5 nitrogen and oxygen atoms in total. The van der Waals surface area contributed by atoms with Gasteiger partial charge in [-0.25, -0.2) is 9.37 Å². The maximum Gasteiger partial charge on any atom is 0.256 e. The Bertz CT molecular complexity index is 1090. The quantitative estimate of drug-likeness (QED) is 0.540. The molecule has 1 aromatic heterocycles. The van der Waals surface area contributed by atoms with Crippen LogP contribution in [0, 0.1) is 5.82 Å². The molecule has 0 aliphatic carbocycles. The second-order valence-electron chi connectivity index (χ2n) is 6.27. The second kappa shape index (κ2) is 7.92. The number of aromatic nitrogens is 2. The number of amides is 1. The van der Waals surface area contributed by atoms with Crippen LogP contribution in [0.5, 0.6) is 5.75 Å². The number of imidazole rings is 1. The molecule has 1 N–H and O–H groups in total. The molecule has 4 rings (SSSR count). The predicted molar refractivity (Wildman–Crippen MR) is 106 cm³/mol. The van der Waals surface area contributed by atoms with E-state index in [1.807, 2.05) is 10.8 Å². The van der Waals surface area contributed by atoms with Crippen molar-refractivity contribution in [3.8, 4) is 5.75 Å². The Morgan fingerprint density at radius 1 is 1.04 bits per heavy atom. The third-order valence-corrected chi connectivity index (χ3v) is 4.41. The van der Waals surface area contributed by atoms with Crippen LogP contribution in [0.2, 0.25) is 0 Å². The molecule has 0 bridgehead atoms. The fraction of sp³-hybridized carbons (Fsp3) is 0.0909. The van der Waals surface area contributed by atoms with Crippen LogP contribution >= 0.6 is 0 Å². The number of carbonyl (C=O) groups is 1. The zero-order chi connectivity index (χ0) is 19.3. The van der Waals surface area contributed by atoms with Gasteiger partial charge in [0.15, 0.2) is 0 Å². The summed E-state index contributed by atoms with van der Waals surface area (Å²) in [6.45, 7) is 1.22. The molecule has 0 radical (unpaired) electrons. The third kappa shape index (κ3) is 3.86. The molecule has 0 fully saturated rings. The number of nitrogens with zero attached hydrogens (tertiary/aromatic N) is 2. The molecule has 140 valence electrons. The van der Waals surface area contributed by atoms with Gasteiger partial charge in [-0.05, 0) is 41.8 Å². The number of anilines is 1. The molecule has 1 heterocycles. The van der Waals surface area contributed by atoms with Crippen molar-refractivity contribution in [2.24, 2.45) is 0 Å². The Labute approximate surface area is 161 Å². The molecule has 0 saturated carbocycles. The predicted octanol–water partition coefficient (Wildman–Crippen LogP) is 4.51. The summed E-state index contributed by atoms with van der Waals surface area (Å²) in [6, 6.07) is 16.9. The zero-order valence-corrected chi connectivity index (χ0v) is 15.0. The lowest BCUT2D eigenvalue weighted by Crippen LogP contribution is -2.12. The summed E-state index contributed by atoms with van der Waals surface area (Å²) >= 11 is 0. The average Bonchev–Trinajstić information content (AvgIpc) is 3.23. The summed E-state index contributed by atoms with van der Waals surface area (Å²) < 4.78 is 21.6. The first-order chi connectivity index (χ1) is 13.7. The van der Waals surface area contributed by atoms with Gasteiger partial charge in [-0.2, -0.15) is 0 Å². The van der Waals surface area contributed by atoms with Crippen molar-refractivity contribution in [3.05, 3.63) is 90.8 Å². The fourth-order valence-electron chi connectivity index (χ4n) is 2.98. The Morgan fingerprint density at radius 2 is 1.82 bits per heavy atom. The number of halogens is 1. The lowest BCUT2D eigenvalue weighted by atomic mass is 10.0. The van der Waals surface area contributed by atoms with E-state index in [0.29, 0.717) is 40.9 Å². The van der Waals surface area contributed by atoms with E-state index in [2.05, 4.69) is 10.3 Å². The number of benzene rings is 3. The van der Waals surface area contributed by atoms with Gasteiger partial charge in [0.25, 0.3) is 5.91 Å². The van der Waals surface area contributed by atoms with Gasteiger partial charge in [0.1, 0.15) is 18.2 Å². The van der Waals surface area contributed by atoms with Crippen molar-refractivity contribution in [1.82, 2.24) is 9.55 Å². The van der Waals surface area contributed by atoms with Crippen LogP contribution in [-0.2, 0) is 6.54 Å². The molecule has 0 aliphatic rings. The van der Waals surface area contributed by atoms with E-state index in [0.717, 1.165) is 0 Å². The van der Waals surface area contributed by atoms with Crippen molar-refractivity contribution < 1.29 is 13.9 Å². The first-order valence-electron chi connectivity index (χ1n) is 8.88. The van der Waals surface area contributed by atoms with E-state index in [-0.39, 0.29) is 11.7 Å². The Kier molecular flexibility index (Phi) is 5.01. The van der Waals surface area contributed by atoms with Crippen molar-refractivity contribution in [2.45, 2.75) is 6.54 Å². The highest BCUT2D eigenvalue weighted by atomic mass is 19.1. The summed E-state index contributed by atoms with van der Waals surface area (Å²) in [5.74, 6) is 0.0830. The highest BCUT2D eigenvalue weighted by Gasteiger charge is 2.12. The smallest absolute Gasteiger partial charge is 0.256 e. The third-order valence-electron chi connectivity index (χ3n) is 4.41. The van der Waals surface area contributed by atoms with Crippen LogP contribution in [0.25, 0.3) is 10.8 Å². The van der Waals surface area contributed by atoms with Crippen LogP contribution in [-0.4, -0.2) is 22.1 Å². The Balaban J connectivity index is 1.42. The van der Waals surface area contributed by atoms with Gasteiger partial charge in [0.2, 0.25) is 0 Å². The van der Waals surface area contributed by atoms with Gasteiger partial charge in [0.05, 0.1) is 12.9 Å². The van der Waals surface area contributed by atoms with E-state index >= 15 is 0 Å². The Hall–Kier alpha value is -3.67. The van der Waals surface area contributed by atoms with E-state index < -0.39 is 0 Å². The normalized spacial score (nSPS) is 10.8. The van der Waals surface area contributed by atoms with Crippen molar-refractivity contribution in [2.75, 3.05) is 11.9 Å². The highest BCUT2D eigenvalue weighted by molar-refractivity contribution is 6.13. The molecule has 6 heteroatoms. The van der Waals surface area contributed by atoms with Crippen LogP contribution in [0.4, 0.5) is 10.1 Å². The topological polar surface area (TPSA) is 56.1 Å². The molecule has 0 saturated heterocycles. The van der Waals surface area contributed by atoms with Crippen LogP contribution < -0.4 is 10.1 Å². The highest BCUT2D eigenvalue weighted by Crippen LogP contribution is 2.23. The summed E-state index contributed by atoms with van der Waals surface area (Å²) in [5, 5.41) is 3.86. The molecule has 28 heavy (non-hydrogen) atoms. The van der Waals surface area contributed by atoms with Crippen LogP contribution in [0.15, 0.2) is 79.4 Å². The van der Waals surface area contributed by atoms with Crippen molar-refractivity contribution >= 4 is 22.4 Å². The van der Waals surface area contributed by atoms with Gasteiger partial charge in [-0.15, -0.1) is 0 Å². The number of hydrogen-bond acceptors (Lipinski definition) is 3. The zero-order valence-electron chi connectivity index (χ0n) is 15.0. The molecular weight excluding hydrogens is 357 g/mol. The average molecular weight is 375 g/mol. The van der Waals surface area contributed by atoms with Crippen molar-refractivity contribution in [1.29, 1.82) is 0 Å². The minimum Gasteiger partial charge on any atom is -0.492 e. The maximum atomic E-state index is 13.9. The van der Waals surface area contributed by atoms with E-state index in [1.165, 1.54) is 12.1 Å². The number of rotatable bonds is 6. The van der Waals surface area contributed by atoms with Gasteiger partial charge in [-0.1, -0.05) is 24.3 Å². The lowest BCUT2D eigenvalue weighted by Gasteiger charge is -2.10. The number of nitrogens with one attached hydrogen (secondary N) is 1.